The molecule has 25 heavy (non-hydrogen) atoms. The van der Waals surface area contributed by atoms with Crippen LogP contribution in [0.1, 0.15) is 24.5 Å². The molecular weight excluding hydrogens is 304 g/mol. The highest BCUT2D eigenvalue weighted by atomic mass is 15.2. The van der Waals surface area contributed by atoms with Crippen molar-refractivity contribution in [1.29, 1.82) is 0 Å². The van der Waals surface area contributed by atoms with Crippen LogP contribution in [0.4, 0.5) is 11.4 Å². The van der Waals surface area contributed by atoms with Crippen molar-refractivity contribution >= 4 is 17.1 Å². The Labute approximate surface area is 149 Å². The largest absolute Gasteiger partial charge is 0.363 e. The Morgan fingerprint density at radius 3 is 2.12 bits per heavy atom. The van der Waals surface area contributed by atoms with Crippen LogP contribution in [0.3, 0.4) is 0 Å². The van der Waals surface area contributed by atoms with E-state index in [1.54, 1.807) is 0 Å². The number of benzene rings is 3. The minimum absolute atomic E-state index is 0.164. The normalized spacial score (nSPS) is 19.8. The molecule has 1 unspecified atom stereocenters. The molecule has 0 aliphatic carbocycles. The van der Waals surface area contributed by atoms with Gasteiger partial charge in [-0.3, -0.25) is 4.99 Å². The Morgan fingerprint density at radius 2 is 1.40 bits per heavy atom. The van der Waals surface area contributed by atoms with E-state index in [-0.39, 0.29) is 5.54 Å². The summed E-state index contributed by atoms with van der Waals surface area (Å²) in [6, 6.07) is 29.7. The summed E-state index contributed by atoms with van der Waals surface area (Å²) in [5, 5.41) is 0. The molecule has 124 valence electrons. The SMILES string of the molecule is CN1c2ccccc2N=C(c2ccccc2)CC1(C)c1ccccc1. The first-order valence-electron chi connectivity index (χ1n) is 8.70. The highest BCUT2D eigenvalue weighted by Gasteiger charge is 2.36. The Bertz CT molecular complexity index is 900. The summed E-state index contributed by atoms with van der Waals surface area (Å²) in [5.41, 5.74) is 5.65. The first kappa shape index (κ1) is 15.6. The minimum Gasteiger partial charge on any atom is -0.363 e. The number of para-hydroxylation sites is 2. The number of aliphatic imine (C=N–C) groups is 1. The fourth-order valence-corrected chi connectivity index (χ4v) is 3.63. The van der Waals surface area contributed by atoms with Crippen molar-refractivity contribution in [3.63, 3.8) is 0 Å². The van der Waals surface area contributed by atoms with Crippen molar-refractivity contribution in [2.24, 2.45) is 4.99 Å². The van der Waals surface area contributed by atoms with E-state index in [0.29, 0.717) is 0 Å². The fourth-order valence-electron chi connectivity index (χ4n) is 3.63. The predicted molar refractivity (Wildman–Crippen MR) is 106 cm³/mol. The van der Waals surface area contributed by atoms with Crippen molar-refractivity contribution < 1.29 is 0 Å². The zero-order valence-electron chi connectivity index (χ0n) is 14.7. The van der Waals surface area contributed by atoms with Gasteiger partial charge in [-0.05, 0) is 30.2 Å². The molecule has 1 heterocycles. The van der Waals surface area contributed by atoms with Crippen molar-refractivity contribution in [3.05, 3.63) is 96.1 Å². The van der Waals surface area contributed by atoms with E-state index in [1.807, 2.05) is 0 Å². The van der Waals surface area contributed by atoms with Gasteiger partial charge >= 0.3 is 0 Å². The van der Waals surface area contributed by atoms with Crippen LogP contribution in [0.25, 0.3) is 0 Å². The second kappa shape index (κ2) is 6.21. The number of hydrogen-bond acceptors (Lipinski definition) is 2. The lowest BCUT2D eigenvalue weighted by Crippen LogP contribution is -2.42. The average Bonchev–Trinajstić information content (AvgIpc) is 2.79. The van der Waals surface area contributed by atoms with E-state index in [4.69, 9.17) is 4.99 Å². The van der Waals surface area contributed by atoms with E-state index in [2.05, 4.69) is 104 Å². The summed E-state index contributed by atoms with van der Waals surface area (Å²) in [6.45, 7) is 2.31. The monoisotopic (exact) mass is 326 g/mol. The first-order valence-corrected chi connectivity index (χ1v) is 8.70. The molecule has 0 bridgehead atoms. The Hall–Kier alpha value is -2.87. The van der Waals surface area contributed by atoms with Gasteiger partial charge in [-0.1, -0.05) is 72.8 Å². The molecule has 2 nitrogen and oxygen atoms in total. The number of hydrogen-bond donors (Lipinski definition) is 0. The van der Waals surface area contributed by atoms with Gasteiger partial charge in [0.25, 0.3) is 0 Å². The molecule has 1 aliphatic heterocycles. The van der Waals surface area contributed by atoms with Gasteiger partial charge in [0.2, 0.25) is 0 Å². The lowest BCUT2D eigenvalue weighted by atomic mass is 9.83. The van der Waals surface area contributed by atoms with Gasteiger partial charge in [-0.25, -0.2) is 0 Å². The van der Waals surface area contributed by atoms with Gasteiger partial charge in [0, 0.05) is 13.5 Å². The maximum absolute atomic E-state index is 5.06. The van der Waals surface area contributed by atoms with Crippen LogP contribution in [0.2, 0.25) is 0 Å². The molecule has 0 spiro atoms. The summed E-state index contributed by atoms with van der Waals surface area (Å²) in [5.74, 6) is 0. The lowest BCUT2D eigenvalue weighted by Gasteiger charge is -2.40. The van der Waals surface area contributed by atoms with Gasteiger partial charge in [0.05, 0.1) is 22.6 Å². The third kappa shape index (κ3) is 2.74. The summed E-state index contributed by atoms with van der Waals surface area (Å²) < 4.78 is 0. The zero-order chi connectivity index (χ0) is 17.3. The molecule has 0 saturated heterocycles. The predicted octanol–water partition coefficient (Wildman–Crippen LogP) is 5.56. The third-order valence-corrected chi connectivity index (χ3v) is 5.25. The average molecular weight is 326 g/mol. The maximum Gasteiger partial charge on any atom is 0.0866 e. The van der Waals surface area contributed by atoms with Gasteiger partial charge < -0.3 is 4.90 Å². The number of anilines is 1. The smallest absolute Gasteiger partial charge is 0.0866 e. The molecule has 0 aromatic heterocycles. The van der Waals surface area contributed by atoms with Crippen LogP contribution in [-0.4, -0.2) is 12.8 Å². The lowest BCUT2D eigenvalue weighted by molar-refractivity contribution is 0.485. The quantitative estimate of drug-likeness (QED) is 0.602. The second-order valence-electron chi connectivity index (χ2n) is 6.79. The van der Waals surface area contributed by atoms with E-state index >= 15 is 0 Å². The van der Waals surface area contributed by atoms with Gasteiger partial charge in [-0.15, -0.1) is 0 Å². The Balaban J connectivity index is 1.92. The molecule has 3 aromatic carbocycles. The second-order valence-corrected chi connectivity index (χ2v) is 6.79. The Kier molecular flexibility index (Phi) is 3.89. The van der Waals surface area contributed by atoms with Crippen LogP contribution in [0.15, 0.2) is 89.9 Å². The van der Waals surface area contributed by atoms with Crippen LogP contribution in [0, 0.1) is 0 Å². The molecule has 0 saturated carbocycles. The number of rotatable bonds is 2. The van der Waals surface area contributed by atoms with E-state index in [1.165, 1.54) is 16.8 Å². The zero-order valence-corrected chi connectivity index (χ0v) is 14.7. The van der Waals surface area contributed by atoms with E-state index in [9.17, 15) is 0 Å². The summed E-state index contributed by atoms with van der Waals surface area (Å²) in [7, 11) is 2.18. The highest BCUT2D eigenvalue weighted by Crippen LogP contribution is 2.42. The summed E-state index contributed by atoms with van der Waals surface area (Å²) >= 11 is 0. The van der Waals surface area contributed by atoms with Crippen LogP contribution < -0.4 is 4.90 Å². The maximum atomic E-state index is 5.06. The van der Waals surface area contributed by atoms with Crippen LogP contribution in [0.5, 0.6) is 0 Å². The van der Waals surface area contributed by atoms with Gasteiger partial charge in [0.15, 0.2) is 0 Å². The molecule has 2 heteroatoms. The van der Waals surface area contributed by atoms with Crippen molar-refractivity contribution in [1.82, 2.24) is 0 Å². The van der Waals surface area contributed by atoms with Crippen molar-refractivity contribution in [3.8, 4) is 0 Å². The Morgan fingerprint density at radius 1 is 0.800 bits per heavy atom. The standard InChI is InChI=1S/C23H22N2/c1-23(19-13-7-4-8-14-19)17-21(18-11-5-3-6-12-18)24-20-15-9-10-16-22(20)25(23)2/h3-16H,17H2,1-2H3. The summed E-state index contributed by atoms with van der Waals surface area (Å²) in [6.07, 6.45) is 0.853. The van der Waals surface area contributed by atoms with Gasteiger partial charge in [-0.2, -0.15) is 0 Å². The molecule has 0 radical (unpaired) electrons. The number of fused-ring (bicyclic) bond motifs is 1. The van der Waals surface area contributed by atoms with Crippen molar-refractivity contribution in [2.75, 3.05) is 11.9 Å². The molecule has 0 amide bonds. The molecular formula is C23H22N2. The molecule has 0 N–H and O–H groups in total. The van der Waals surface area contributed by atoms with E-state index in [0.717, 1.165) is 17.8 Å². The highest BCUT2D eigenvalue weighted by molar-refractivity contribution is 6.04. The minimum atomic E-state index is -0.164. The van der Waals surface area contributed by atoms with E-state index < -0.39 is 0 Å². The fraction of sp³-hybridized carbons (Fsp3) is 0.174. The van der Waals surface area contributed by atoms with Crippen molar-refractivity contribution in [2.45, 2.75) is 18.9 Å². The number of nitrogens with zero attached hydrogens (tertiary/aromatic N) is 2. The molecule has 1 aliphatic rings. The molecule has 1 atom stereocenters. The molecule has 0 fully saturated rings. The molecule has 3 aromatic rings. The van der Waals surface area contributed by atoms with Gasteiger partial charge in [0.1, 0.15) is 0 Å². The topological polar surface area (TPSA) is 15.6 Å². The third-order valence-electron chi connectivity index (χ3n) is 5.25. The summed E-state index contributed by atoms with van der Waals surface area (Å²) in [4.78, 5) is 7.43. The molecule has 4 rings (SSSR count). The van der Waals surface area contributed by atoms with Crippen LogP contribution in [-0.2, 0) is 5.54 Å². The first-order chi connectivity index (χ1) is 12.2. The van der Waals surface area contributed by atoms with Crippen LogP contribution >= 0.6 is 0 Å².